The van der Waals surface area contributed by atoms with Crippen molar-refractivity contribution in [1.82, 2.24) is 15.0 Å². The van der Waals surface area contributed by atoms with Crippen molar-refractivity contribution in [1.29, 1.82) is 0 Å². The molecular weight excluding hydrogens is 368 g/mol. The van der Waals surface area contributed by atoms with E-state index in [4.69, 9.17) is 5.11 Å². The number of nitrogens with zero attached hydrogens (tertiary/aromatic N) is 3. The summed E-state index contributed by atoms with van der Waals surface area (Å²) in [6, 6.07) is 3.26. The highest BCUT2D eigenvalue weighted by Gasteiger charge is 2.25. The molecule has 0 saturated heterocycles. The third-order valence-electron chi connectivity index (χ3n) is 2.47. The smallest absolute Gasteiger partial charge is 0.337 e. The molecule has 0 unspecified atom stereocenters. The predicted octanol–water partition coefficient (Wildman–Crippen LogP) is 0.782. The maximum atomic E-state index is 12.3. The molecular formula is C10H9BrN4O5S. The minimum atomic E-state index is -4.10. The van der Waals surface area contributed by atoms with Crippen LogP contribution in [0.2, 0.25) is 0 Å². The maximum absolute atomic E-state index is 12.3. The number of nitrogens with one attached hydrogen (secondary N) is 1. The summed E-state index contributed by atoms with van der Waals surface area (Å²) in [6.45, 7) is 0. The van der Waals surface area contributed by atoms with Crippen molar-refractivity contribution < 1.29 is 23.4 Å². The lowest BCUT2D eigenvalue weighted by Gasteiger charge is -2.10. The molecule has 0 amide bonds. The van der Waals surface area contributed by atoms with Crippen LogP contribution in [0.15, 0.2) is 27.8 Å². The van der Waals surface area contributed by atoms with Crippen LogP contribution in [0.4, 0.5) is 5.69 Å². The molecule has 1 aromatic heterocycles. The third-order valence-corrected chi connectivity index (χ3v) is 4.72. The average molecular weight is 377 g/mol. The molecule has 0 aliphatic heterocycles. The Morgan fingerprint density at radius 2 is 2.10 bits per heavy atom. The van der Waals surface area contributed by atoms with Gasteiger partial charge in [-0.3, -0.25) is 4.72 Å². The number of aryl methyl sites for hydroxylation is 1. The van der Waals surface area contributed by atoms with Crippen molar-refractivity contribution in [3.05, 3.63) is 28.4 Å². The van der Waals surface area contributed by atoms with Crippen LogP contribution in [-0.4, -0.2) is 39.6 Å². The van der Waals surface area contributed by atoms with Crippen LogP contribution >= 0.6 is 15.9 Å². The Hall–Kier alpha value is -2.14. The number of carbonyl (C=O) groups is 1. The standard InChI is InChI=1S/C10H9BrN4O5S/c1-15-9(8(11)12-14-15)21(19,20)13-7-3-2-5(16)4-6(7)10(17)18/h2-4,13,16H,1H3,(H,17,18). The fraction of sp³-hybridized carbons (Fsp3) is 0.100. The molecule has 0 radical (unpaired) electrons. The Morgan fingerprint density at radius 3 is 2.62 bits per heavy atom. The summed E-state index contributed by atoms with van der Waals surface area (Å²) in [4.78, 5) is 11.1. The Labute approximate surface area is 127 Å². The van der Waals surface area contributed by atoms with E-state index in [1.165, 1.54) is 13.1 Å². The maximum Gasteiger partial charge on any atom is 0.337 e. The number of carboxylic acid groups (broad SMARTS) is 1. The quantitative estimate of drug-likeness (QED) is 0.671. The molecule has 9 nitrogen and oxygen atoms in total. The number of hydrogen-bond acceptors (Lipinski definition) is 6. The number of aromatic hydroxyl groups is 1. The molecule has 112 valence electrons. The second kappa shape index (κ2) is 5.33. The summed E-state index contributed by atoms with van der Waals surface area (Å²) in [7, 11) is -2.73. The van der Waals surface area contributed by atoms with Crippen LogP contribution in [0.1, 0.15) is 10.4 Å². The van der Waals surface area contributed by atoms with E-state index in [0.29, 0.717) is 0 Å². The number of rotatable bonds is 4. The lowest BCUT2D eigenvalue weighted by atomic mass is 10.2. The van der Waals surface area contributed by atoms with Crippen molar-refractivity contribution in [3.63, 3.8) is 0 Å². The van der Waals surface area contributed by atoms with E-state index in [9.17, 15) is 18.3 Å². The van der Waals surface area contributed by atoms with E-state index >= 15 is 0 Å². The number of phenols is 1. The number of benzene rings is 1. The highest BCUT2D eigenvalue weighted by atomic mass is 79.9. The van der Waals surface area contributed by atoms with Gasteiger partial charge in [0, 0.05) is 7.05 Å². The van der Waals surface area contributed by atoms with Gasteiger partial charge in [0.15, 0.2) is 4.60 Å². The molecule has 21 heavy (non-hydrogen) atoms. The van der Waals surface area contributed by atoms with E-state index in [0.717, 1.165) is 16.8 Å². The molecule has 0 spiro atoms. The largest absolute Gasteiger partial charge is 0.508 e. The number of anilines is 1. The van der Waals surface area contributed by atoms with Crippen LogP contribution in [0.3, 0.4) is 0 Å². The van der Waals surface area contributed by atoms with Gasteiger partial charge in [-0.05, 0) is 34.1 Å². The van der Waals surface area contributed by atoms with Crippen molar-refractivity contribution >= 4 is 37.6 Å². The highest BCUT2D eigenvalue weighted by Crippen LogP contribution is 2.26. The number of hydrogen-bond donors (Lipinski definition) is 3. The van der Waals surface area contributed by atoms with Crippen molar-refractivity contribution in [2.45, 2.75) is 5.03 Å². The molecule has 2 rings (SSSR count). The summed E-state index contributed by atoms with van der Waals surface area (Å²) >= 11 is 2.96. The molecule has 0 atom stereocenters. The molecule has 1 heterocycles. The van der Waals surface area contributed by atoms with Crippen LogP contribution in [0.25, 0.3) is 0 Å². The lowest BCUT2D eigenvalue weighted by molar-refractivity contribution is 0.0697. The second-order valence-corrected chi connectivity index (χ2v) is 6.30. The van der Waals surface area contributed by atoms with Gasteiger partial charge in [-0.2, -0.15) is 8.42 Å². The van der Waals surface area contributed by atoms with Gasteiger partial charge >= 0.3 is 5.97 Å². The number of sulfonamides is 1. The van der Waals surface area contributed by atoms with Crippen molar-refractivity contribution in [3.8, 4) is 5.75 Å². The van der Waals surface area contributed by atoms with Gasteiger partial charge in [-0.25, -0.2) is 9.48 Å². The first-order valence-corrected chi connectivity index (χ1v) is 7.64. The molecule has 0 aliphatic carbocycles. The molecule has 3 N–H and O–H groups in total. The number of carboxylic acids is 1. The lowest BCUT2D eigenvalue weighted by Crippen LogP contribution is -2.19. The Balaban J connectivity index is 2.50. The molecule has 0 aliphatic rings. The first-order chi connectivity index (χ1) is 9.72. The van der Waals surface area contributed by atoms with E-state index in [-0.39, 0.29) is 26.6 Å². The normalized spacial score (nSPS) is 11.3. The van der Waals surface area contributed by atoms with E-state index < -0.39 is 16.0 Å². The van der Waals surface area contributed by atoms with E-state index in [1.54, 1.807) is 0 Å². The molecule has 0 saturated carbocycles. The molecule has 2 aromatic rings. The zero-order valence-corrected chi connectivity index (χ0v) is 12.9. The number of aromatic nitrogens is 3. The summed E-state index contributed by atoms with van der Waals surface area (Å²) in [5.41, 5.74) is -0.571. The fourth-order valence-electron chi connectivity index (χ4n) is 1.60. The summed E-state index contributed by atoms with van der Waals surface area (Å²) < 4.78 is 27.7. The topological polar surface area (TPSA) is 134 Å². The Kier molecular flexibility index (Phi) is 3.87. The molecule has 11 heteroatoms. The fourth-order valence-corrected chi connectivity index (χ4v) is 3.78. The zero-order chi connectivity index (χ0) is 15.8. The zero-order valence-electron chi connectivity index (χ0n) is 10.5. The highest BCUT2D eigenvalue weighted by molar-refractivity contribution is 9.10. The van der Waals surface area contributed by atoms with Gasteiger partial charge in [0.05, 0.1) is 11.3 Å². The summed E-state index contributed by atoms with van der Waals surface area (Å²) in [6.07, 6.45) is 0. The predicted molar refractivity (Wildman–Crippen MR) is 74.6 cm³/mol. The van der Waals surface area contributed by atoms with Crippen LogP contribution < -0.4 is 4.72 Å². The first-order valence-electron chi connectivity index (χ1n) is 5.36. The van der Waals surface area contributed by atoms with Gasteiger partial charge in [-0.15, -0.1) is 5.10 Å². The van der Waals surface area contributed by atoms with Crippen LogP contribution in [0, 0.1) is 0 Å². The van der Waals surface area contributed by atoms with Crippen LogP contribution in [-0.2, 0) is 17.1 Å². The van der Waals surface area contributed by atoms with E-state index in [1.807, 2.05) is 0 Å². The monoisotopic (exact) mass is 376 g/mol. The van der Waals surface area contributed by atoms with Crippen molar-refractivity contribution in [2.75, 3.05) is 4.72 Å². The third kappa shape index (κ3) is 2.97. The second-order valence-electron chi connectivity index (χ2n) is 3.95. The number of phenolic OH excluding ortho intramolecular Hbond substituents is 1. The van der Waals surface area contributed by atoms with Gasteiger partial charge < -0.3 is 10.2 Å². The SMILES string of the molecule is Cn1nnc(Br)c1S(=O)(=O)Nc1ccc(O)cc1C(=O)O. The average Bonchev–Trinajstić information content (AvgIpc) is 2.71. The minimum Gasteiger partial charge on any atom is -0.508 e. The minimum absolute atomic E-state index is 0.00634. The summed E-state index contributed by atoms with van der Waals surface area (Å²) in [5.74, 6) is -1.68. The molecule has 1 aromatic carbocycles. The van der Waals surface area contributed by atoms with Crippen molar-refractivity contribution in [2.24, 2.45) is 7.05 Å². The first kappa shape index (κ1) is 15.3. The van der Waals surface area contributed by atoms with Gasteiger partial charge in [0.25, 0.3) is 10.0 Å². The molecule has 0 fully saturated rings. The van der Waals surface area contributed by atoms with Gasteiger partial charge in [0.2, 0.25) is 5.03 Å². The Bertz CT molecular complexity index is 797. The number of aromatic carboxylic acids is 1. The van der Waals surface area contributed by atoms with Gasteiger partial charge in [0.1, 0.15) is 5.75 Å². The van der Waals surface area contributed by atoms with E-state index in [2.05, 4.69) is 31.0 Å². The molecule has 0 bridgehead atoms. The van der Waals surface area contributed by atoms with Crippen LogP contribution in [0.5, 0.6) is 5.75 Å². The summed E-state index contributed by atoms with van der Waals surface area (Å²) in [5, 5.41) is 25.2. The Morgan fingerprint density at radius 1 is 1.43 bits per heavy atom. The van der Waals surface area contributed by atoms with Gasteiger partial charge in [-0.1, -0.05) is 5.21 Å². The number of halogens is 1.